The van der Waals surface area contributed by atoms with Crippen LogP contribution in [0, 0.1) is 0 Å². The number of β-amino-alcohol motifs (C(OH)–C–C–N with tert-alkyl or cyclic N) is 2. The predicted octanol–water partition coefficient (Wildman–Crippen LogP) is -1.71. The van der Waals surface area contributed by atoms with E-state index in [2.05, 4.69) is 0 Å². The molecule has 1 saturated heterocycles. The second kappa shape index (κ2) is 4.55. The molecule has 1 rings (SSSR count). The highest BCUT2D eigenvalue weighted by Gasteiger charge is 2.23. The molecular formula is C8H16N2O3. The Kier molecular flexibility index (Phi) is 3.65. The summed E-state index contributed by atoms with van der Waals surface area (Å²) < 4.78 is 0. The van der Waals surface area contributed by atoms with E-state index in [-0.39, 0.29) is 12.3 Å². The lowest BCUT2D eigenvalue weighted by Gasteiger charge is -2.32. The first-order valence-corrected chi connectivity index (χ1v) is 4.44. The van der Waals surface area contributed by atoms with E-state index in [4.69, 9.17) is 5.73 Å². The Morgan fingerprint density at radius 1 is 1.38 bits per heavy atom. The number of aliphatic hydroxyl groups is 2. The van der Waals surface area contributed by atoms with E-state index in [1.807, 2.05) is 4.90 Å². The van der Waals surface area contributed by atoms with Gasteiger partial charge in [-0.15, -0.1) is 0 Å². The van der Waals surface area contributed by atoms with E-state index in [1.165, 1.54) is 0 Å². The number of piperidine rings is 1. The van der Waals surface area contributed by atoms with Crippen molar-refractivity contribution in [3.8, 4) is 0 Å². The van der Waals surface area contributed by atoms with Crippen LogP contribution in [-0.2, 0) is 4.79 Å². The molecule has 0 radical (unpaired) electrons. The van der Waals surface area contributed by atoms with Gasteiger partial charge in [-0.2, -0.15) is 0 Å². The van der Waals surface area contributed by atoms with Gasteiger partial charge in [0.2, 0.25) is 5.91 Å². The molecule has 0 aliphatic carbocycles. The second-order valence-corrected chi connectivity index (χ2v) is 3.52. The van der Waals surface area contributed by atoms with Gasteiger partial charge < -0.3 is 15.9 Å². The lowest BCUT2D eigenvalue weighted by molar-refractivity contribution is -0.118. The van der Waals surface area contributed by atoms with Crippen molar-refractivity contribution in [2.24, 2.45) is 5.73 Å². The maximum absolute atomic E-state index is 10.5. The Hall–Kier alpha value is -0.650. The van der Waals surface area contributed by atoms with Crippen LogP contribution in [0.15, 0.2) is 0 Å². The van der Waals surface area contributed by atoms with E-state index in [0.29, 0.717) is 26.1 Å². The average Bonchev–Trinajstić information content (AvgIpc) is 1.99. The summed E-state index contributed by atoms with van der Waals surface area (Å²) in [5, 5.41) is 18.6. The fourth-order valence-electron chi connectivity index (χ4n) is 1.58. The van der Waals surface area contributed by atoms with Crippen molar-refractivity contribution in [3.05, 3.63) is 0 Å². The Morgan fingerprint density at radius 3 is 2.38 bits per heavy atom. The molecule has 13 heavy (non-hydrogen) atoms. The molecule has 1 aliphatic rings. The van der Waals surface area contributed by atoms with E-state index >= 15 is 0 Å². The van der Waals surface area contributed by atoms with E-state index < -0.39 is 12.2 Å². The van der Waals surface area contributed by atoms with Crippen molar-refractivity contribution >= 4 is 5.91 Å². The number of carbonyl (C=O) groups excluding carboxylic acids is 1. The second-order valence-electron chi connectivity index (χ2n) is 3.52. The minimum Gasteiger partial charge on any atom is -0.392 e. The normalized spacial score (nSPS) is 30.3. The van der Waals surface area contributed by atoms with Gasteiger partial charge >= 0.3 is 0 Å². The van der Waals surface area contributed by atoms with Crippen LogP contribution in [0.4, 0.5) is 0 Å². The molecule has 0 bridgehead atoms. The van der Waals surface area contributed by atoms with Crippen molar-refractivity contribution in [1.29, 1.82) is 0 Å². The van der Waals surface area contributed by atoms with Crippen LogP contribution in [0.5, 0.6) is 0 Å². The van der Waals surface area contributed by atoms with Gasteiger partial charge in [0.05, 0.1) is 12.2 Å². The minimum atomic E-state index is -0.489. The fraction of sp³-hybridized carbons (Fsp3) is 0.875. The molecule has 2 atom stereocenters. The number of rotatable bonds is 3. The summed E-state index contributed by atoms with van der Waals surface area (Å²) in [5.74, 6) is -0.352. The molecule has 0 aromatic rings. The summed E-state index contributed by atoms with van der Waals surface area (Å²) >= 11 is 0. The number of carbonyl (C=O) groups is 1. The molecule has 0 spiro atoms. The van der Waals surface area contributed by atoms with Gasteiger partial charge in [0.1, 0.15) is 0 Å². The summed E-state index contributed by atoms with van der Waals surface area (Å²) in [7, 11) is 0. The summed E-state index contributed by atoms with van der Waals surface area (Å²) in [6.45, 7) is 1.55. The highest BCUT2D eigenvalue weighted by Crippen LogP contribution is 2.10. The van der Waals surface area contributed by atoms with Gasteiger partial charge in [0, 0.05) is 32.5 Å². The van der Waals surface area contributed by atoms with Gasteiger partial charge in [-0.25, -0.2) is 0 Å². The Morgan fingerprint density at radius 2 is 1.92 bits per heavy atom. The monoisotopic (exact) mass is 188 g/mol. The molecular weight excluding hydrogens is 172 g/mol. The van der Waals surface area contributed by atoms with Crippen LogP contribution in [0.3, 0.4) is 0 Å². The molecule has 1 heterocycles. The zero-order valence-corrected chi connectivity index (χ0v) is 7.52. The van der Waals surface area contributed by atoms with Crippen LogP contribution >= 0.6 is 0 Å². The molecule has 76 valence electrons. The van der Waals surface area contributed by atoms with Crippen LogP contribution in [-0.4, -0.2) is 52.9 Å². The topological polar surface area (TPSA) is 86.8 Å². The number of amides is 1. The average molecular weight is 188 g/mol. The maximum Gasteiger partial charge on any atom is 0.218 e. The molecule has 0 unspecified atom stereocenters. The molecule has 4 N–H and O–H groups in total. The zero-order valence-electron chi connectivity index (χ0n) is 7.52. The number of hydrogen-bond donors (Lipinski definition) is 3. The fourth-order valence-corrected chi connectivity index (χ4v) is 1.58. The standard InChI is InChI=1S/C8H16N2O3/c9-8(13)1-2-10-4-6(11)3-7(12)5-10/h6-7,11-12H,1-5H2,(H2,9,13)/t6-,7+. The van der Waals surface area contributed by atoms with Crippen molar-refractivity contribution in [2.45, 2.75) is 25.0 Å². The molecule has 0 aromatic heterocycles. The zero-order chi connectivity index (χ0) is 9.84. The summed E-state index contributed by atoms with van der Waals surface area (Å²) in [6, 6.07) is 0. The molecule has 5 nitrogen and oxygen atoms in total. The van der Waals surface area contributed by atoms with E-state index in [0.717, 1.165) is 0 Å². The van der Waals surface area contributed by atoms with Crippen molar-refractivity contribution in [3.63, 3.8) is 0 Å². The summed E-state index contributed by atoms with van der Waals surface area (Å²) in [6.07, 6.45) is -0.278. The van der Waals surface area contributed by atoms with Gasteiger partial charge in [0.25, 0.3) is 0 Å². The maximum atomic E-state index is 10.5. The minimum absolute atomic E-state index is 0.277. The van der Waals surface area contributed by atoms with Gasteiger partial charge in [-0.1, -0.05) is 0 Å². The summed E-state index contributed by atoms with van der Waals surface area (Å²) in [4.78, 5) is 12.3. The first kappa shape index (κ1) is 10.4. The lowest BCUT2D eigenvalue weighted by atomic mass is 10.1. The lowest BCUT2D eigenvalue weighted by Crippen LogP contribution is -2.46. The first-order valence-electron chi connectivity index (χ1n) is 4.44. The van der Waals surface area contributed by atoms with Gasteiger partial charge in [-0.3, -0.25) is 9.69 Å². The third-order valence-corrected chi connectivity index (χ3v) is 2.16. The molecule has 5 heteroatoms. The van der Waals surface area contributed by atoms with Crippen LogP contribution in [0.2, 0.25) is 0 Å². The predicted molar refractivity (Wildman–Crippen MR) is 46.9 cm³/mol. The number of hydrogen-bond acceptors (Lipinski definition) is 4. The first-order chi connectivity index (χ1) is 6.08. The number of nitrogens with two attached hydrogens (primary N) is 1. The molecule has 1 aliphatic heterocycles. The number of nitrogens with zero attached hydrogens (tertiary/aromatic N) is 1. The van der Waals surface area contributed by atoms with Crippen molar-refractivity contribution in [1.82, 2.24) is 4.90 Å². The molecule has 1 fully saturated rings. The van der Waals surface area contributed by atoms with Crippen LogP contribution in [0.25, 0.3) is 0 Å². The van der Waals surface area contributed by atoms with Crippen LogP contribution < -0.4 is 5.73 Å². The van der Waals surface area contributed by atoms with Crippen molar-refractivity contribution < 1.29 is 15.0 Å². The van der Waals surface area contributed by atoms with Gasteiger partial charge in [-0.05, 0) is 0 Å². The van der Waals surface area contributed by atoms with Crippen molar-refractivity contribution in [2.75, 3.05) is 19.6 Å². The number of aliphatic hydroxyl groups excluding tert-OH is 2. The molecule has 0 saturated carbocycles. The molecule has 0 aromatic carbocycles. The Balaban J connectivity index is 2.28. The number of likely N-dealkylation sites (tertiary alicyclic amines) is 1. The third-order valence-electron chi connectivity index (χ3n) is 2.16. The van der Waals surface area contributed by atoms with E-state index in [1.54, 1.807) is 0 Å². The van der Waals surface area contributed by atoms with Gasteiger partial charge in [0.15, 0.2) is 0 Å². The van der Waals surface area contributed by atoms with Crippen LogP contribution in [0.1, 0.15) is 12.8 Å². The Labute approximate surface area is 77.1 Å². The summed E-state index contributed by atoms with van der Waals surface area (Å²) in [5.41, 5.74) is 4.99. The SMILES string of the molecule is NC(=O)CCN1C[C@H](O)C[C@H](O)C1. The highest BCUT2D eigenvalue weighted by molar-refractivity contribution is 5.73. The smallest absolute Gasteiger partial charge is 0.218 e. The highest BCUT2D eigenvalue weighted by atomic mass is 16.3. The molecule has 1 amide bonds. The largest absolute Gasteiger partial charge is 0.392 e. The Bertz CT molecular complexity index is 176. The quantitative estimate of drug-likeness (QED) is 0.492. The third kappa shape index (κ3) is 3.71. The number of primary amides is 1. The van der Waals surface area contributed by atoms with E-state index in [9.17, 15) is 15.0 Å².